The molecule has 0 unspecified atom stereocenters. The Hall–Kier alpha value is -3.58. The van der Waals surface area contributed by atoms with Crippen molar-refractivity contribution >= 4 is 5.91 Å². The van der Waals surface area contributed by atoms with Gasteiger partial charge in [-0.2, -0.15) is 0 Å². The zero-order chi connectivity index (χ0) is 21.4. The molecule has 0 saturated carbocycles. The fourth-order valence-electron chi connectivity index (χ4n) is 3.78. The van der Waals surface area contributed by atoms with E-state index in [0.29, 0.717) is 42.4 Å². The molecule has 1 fully saturated rings. The first-order chi connectivity index (χ1) is 15.1. The first-order valence-electron chi connectivity index (χ1n) is 10.2. The smallest absolute Gasteiger partial charge is 0.268 e. The maximum absolute atomic E-state index is 13.2. The van der Waals surface area contributed by atoms with Crippen LogP contribution in [0.25, 0.3) is 5.69 Å². The standard InChI is InChI=1S/C24H22N2O5/c1-16-9-10-26(18-7-8-20-21(11-18)31-15-30-20)24(28)22(16)23(27)25-12-19(13-25)29-14-17-5-3-2-4-6-17/h2-11,19H,12-15H2,1H3. The molecule has 0 atom stereocenters. The molecule has 3 heterocycles. The van der Waals surface area contributed by atoms with E-state index < -0.39 is 0 Å². The molecule has 31 heavy (non-hydrogen) atoms. The highest BCUT2D eigenvalue weighted by Gasteiger charge is 2.34. The number of pyridine rings is 1. The van der Waals surface area contributed by atoms with Crippen LogP contribution in [-0.2, 0) is 11.3 Å². The Bertz CT molecular complexity index is 1180. The molecular formula is C24H22N2O5. The highest BCUT2D eigenvalue weighted by molar-refractivity contribution is 5.96. The minimum absolute atomic E-state index is 0.0238. The summed E-state index contributed by atoms with van der Waals surface area (Å²) >= 11 is 0. The van der Waals surface area contributed by atoms with Gasteiger partial charge in [-0.15, -0.1) is 0 Å². The van der Waals surface area contributed by atoms with Crippen molar-refractivity contribution in [2.45, 2.75) is 19.6 Å². The summed E-state index contributed by atoms with van der Waals surface area (Å²) in [4.78, 5) is 27.9. The van der Waals surface area contributed by atoms with Crippen molar-refractivity contribution in [1.29, 1.82) is 0 Å². The summed E-state index contributed by atoms with van der Waals surface area (Å²) in [5, 5.41) is 0. The number of benzene rings is 2. The normalized spacial score (nSPS) is 15.1. The molecule has 1 saturated heterocycles. The second-order valence-electron chi connectivity index (χ2n) is 7.72. The lowest BCUT2D eigenvalue weighted by Gasteiger charge is -2.39. The van der Waals surface area contributed by atoms with Gasteiger partial charge >= 0.3 is 0 Å². The lowest BCUT2D eigenvalue weighted by atomic mass is 10.1. The van der Waals surface area contributed by atoms with Crippen molar-refractivity contribution in [1.82, 2.24) is 9.47 Å². The maximum Gasteiger partial charge on any atom is 0.268 e. The number of rotatable bonds is 5. The van der Waals surface area contributed by atoms with Crippen molar-refractivity contribution in [3.63, 3.8) is 0 Å². The van der Waals surface area contributed by atoms with Crippen molar-refractivity contribution < 1.29 is 19.0 Å². The van der Waals surface area contributed by atoms with Gasteiger partial charge in [-0.1, -0.05) is 30.3 Å². The van der Waals surface area contributed by atoms with E-state index in [-0.39, 0.29) is 29.9 Å². The molecule has 5 rings (SSSR count). The number of hydrogen-bond donors (Lipinski definition) is 0. The summed E-state index contributed by atoms with van der Waals surface area (Å²) in [6.07, 6.45) is 1.65. The minimum Gasteiger partial charge on any atom is -0.454 e. The number of carbonyl (C=O) groups excluding carboxylic acids is 1. The van der Waals surface area contributed by atoms with Gasteiger partial charge in [0.2, 0.25) is 6.79 Å². The predicted molar refractivity (Wildman–Crippen MR) is 114 cm³/mol. The van der Waals surface area contributed by atoms with Gasteiger partial charge in [-0.05, 0) is 36.2 Å². The summed E-state index contributed by atoms with van der Waals surface area (Å²) in [6, 6.07) is 17.0. The number of carbonyl (C=O) groups is 1. The third-order valence-electron chi connectivity index (χ3n) is 5.61. The zero-order valence-electron chi connectivity index (χ0n) is 17.1. The third-order valence-corrected chi connectivity index (χ3v) is 5.61. The number of nitrogens with zero attached hydrogens (tertiary/aromatic N) is 2. The SMILES string of the molecule is Cc1ccn(-c2ccc3c(c2)OCO3)c(=O)c1C(=O)N1CC(OCc2ccccc2)C1. The van der Waals surface area contributed by atoms with Crippen LogP contribution in [0.2, 0.25) is 0 Å². The van der Waals surface area contributed by atoms with E-state index in [1.807, 2.05) is 30.3 Å². The van der Waals surface area contributed by atoms with Crippen LogP contribution in [-0.4, -0.2) is 41.4 Å². The summed E-state index contributed by atoms with van der Waals surface area (Å²) < 4.78 is 18.1. The van der Waals surface area contributed by atoms with Gasteiger partial charge in [0, 0.05) is 25.4 Å². The molecule has 7 heteroatoms. The molecule has 0 bridgehead atoms. The second kappa shape index (κ2) is 7.92. The van der Waals surface area contributed by atoms with Crippen LogP contribution in [0.1, 0.15) is 21.5 Å². The lowest BCUT2D eigenvalue weighted by Crippen LogP contribution is -2.55. The summed E-state index contributed by atoms with van der Waals surface area (Å²) in [6.45, 7) is 3.40. The number of ether oxygens (including phenoxy) is 3. The third kappa shape index (κ3) is 3.68. The molecule has 0 N–H and O–H groups in total. The molecule has 1 aromatic heterocycles. The Morgan fingerprint density at radius 1 is 1.06 bits per heavy atom. The van der Waals surface area contributed by atoms with Gasteiger partial charge in [0.25, 0.3) is 11.5 Å². The van der Waals surface area contributed by atoms with E-state index in [1.54, 1.807) is 42.3 Å². The fraction of sp³-hybridized carbons (Fsp3) is 0.250. The minimum atomic E-state index is -0.350. The molecule has 158 valence electrons. The highest BCUT2D eigenvalue weighted by Crippen LogP contribution is 2.33. The van der Waals surface area contributed by atoms with Gasteiger partial charge in [0.15, 0.2) is 11.5 Å². The summed E-state index contributed by atoms with van der Waals surface area (Å²) in [5.41, 5.74) is 2.20. The lowest BCUT2D eigenvalue weighted by molar-refractivity contribution is -0.0504. The Morgan fingerprint density at radius 2 is 1.84 bits per heavy atom. The molecule has 0 radical (unpaired) electrons. The van der Waals surface area contributed by atoms with E-state index in [1.165, 1.54) is 4.57 Å². The largest absolute Gasteiger partial charge is 0.454 e. The van der Waals surface area contributed by atoms with Crippen LogP contribution in [0.15, 0.2) is 65.6 Å². The number of hydrogen-bond acceptors (Lipinski definition) is 5. The van der Waals surface area contributed by atoms with Gasteiger partial charge < -0.3 is 19.1 Å². The molecule has 2 aromatic carbocycles. The number of aromatic nitrogens is 1. The Balaban J connectivity index is 1.31. The van der Waals surface area contributed by atoms with E-state index in [0.717, 1.165) is 5.56 Å². The summed E-state index contributed by atoms with van der Waals surface area (Å²) in [7, 11) is 0. The number of fused-ring (bicyclic) bond motifs is 1. The average Bonchev–Trinajstić information content (AvgIpc) is 3.21. The van der Waals surface area contributed by atoms with Crippen LogP contribution in [0.3, 0.4) is 0 Å². The van der Waals surface area contributed by atoms with Crippen LogP contribution in [0.4, 0.5) is 0 Å². The topological polar surface area (TPSA) is 70.0 Å². The first-order valence-corrected chi connectivity index (χ1v) is 10.2. The Kier molecular flexibility index (Phi) is 4.95. The van der Waals surface area contributed by atoms with Gasteiger partial charge in [0.1, 0.15) is 5.56 Å². The predicted octanol–water partition coefficient (Wildman–Crippen LogP) is 2.92. The van der Waals surface area contributed by atoms with E-state index in [4.69, 9.17) is 14.2 Å². The molecule has 2 aliphatic rings. The Morgan fingerprint density at radius 3 is 2.65 bits per heavy atom. The molecule has 7 nitrogen and oxygen atoms in total. The molecule has 0 aliphatic carbocycles. The monoisotopic (exact) mass is 418 g/mol. The van der Waals surface area contributed by atoms with Crippen molar-refractivity contribution in [3.8, 4) is 17.2 Å². The molecule has 1 amide bonds. The van der Waals surface area contributed by atoms with Crippen LogP contribution in [0, 0.1) is 6.92 Å². The molecule has 0 spiro atoms. The number of likely N-dealkylation sites (tertiary alicyclic amines) is 1. The highest BCUT2D eigenvalue weighted by atomic mass is 16.7. The zero-order valence-corrected chi connectivity index (χ0v) is 17.1. The maximum atomic E-state index is 13.2. The molecule has 2 aliphatic heterocycles. The van der Waals surface area contributed by atoms with Gasteiger partial charge in [0.05, 0.1) is 18.4 Å². The quantitative estimate of drug-likeness (QED) is 0.637. The molecular weight excluding hydrogens is 396 g/mol. The van der Waals surface area contributed by atoms with Crippen LogP contribution < -0.4 is 15.0 Å². The second-order valence-corrected chi connectivity index (χ2v) is 7.72. The van der Waals surface area contributed by atoms with E-state index in [9.17, 15) is 9.59 Å². The fourth-order valence-corrected chi connectivity index (χ4v) is 3.78. The average molecular weight is 418 g/mol. The Labute approximate surface area is 179 Å². The van der Waals surface area contributed by atoms with Gasteiger partial charge in [-0.3, -0.25) is 14.2 Å². The first kappa shape index (κ1) is 19.4. The number of aryl methyl sites for hydroxylation is 1. The van der Waals surface area contributed by atoms with Crippen LogP contribution >= 0.6 is 0 Å². The van der Waals surface area contributed by atoms with Gasteiger partial charge in [-0.25, -0.2) is 0 Å². The van der Waals surface area contributed by atoms with E-state index in [2.05, 4.69) is 0 Å². The molecule has 3 aromatic rings. The van der Waals surface area contributed by atoms with Crippen molar-refractivity contribution in [3.05, 3.63) is 87.8 Å². The van der Waals surface area contributed by atoms with Crippen molar-refractivity contribution in [2.75, 3.05) is 19.9 Å². The van der Waals surface area contributed by atoms with Crippen LogP contribution in [0.5, 0.6) is 11.5 Å². The van der Waals surface area contributed by atoms with E-state index >= 15 is 0 Å². The van der Waals surface area contributed by atoms with Crippen molar-refractivity contribution in [2.24, 2.45) is 0 Å². The summed E-state index contributed by atoms with van der Waals surface area (Å²) in [5.74, 6) is 0.957. The number of amides is 1.